The van der Waals surface area contributed by atoms with Gasteiger partial charge in [-0.15, -0.1) is 0 Å². The fourth-order valence-corrected chi connectivity index (χ4v) is 4.77. The van der Waals surface area contributed by atoms with Gasteiger partial charge in [0.05, 0.1) is 6.04 Å². The Hall–Kier alpha value is -3.78. The van der Waals surface area contributed by atoms with E-state index < -0.39 is 0 Å². The summed E-state index contributed by atoms with van der Waals surface area (Å²) < 4.78 is 2.08. The van der Waals surface area contributed by atoms with E-state index in [9.17, 15) is 4.79 Å². The molecule has 1 amide bonds. The molecule has 0 aliphatic carbocycles. The number of carbonyl (C=O) groups is 1. The van der Waals surface area contributed by atoms with Gasteiger partial charge in [-0.25, -0.2) is 15.0 Å². The van der Waals surface area contributed by atoms with Crippen LogP contribution in [0.5, 0.6) is 0 Å². The van der Waals surface area contributed by atoms with E-state index in [0.29, 0.717) is 17.2 Å². The molecule has 1 saturated heterocycles. The molecule has 3 N–H and O–H groups in total. The van der Waals surface area contributed by atoms with E-state index in [1.807, 2.05) is 24.4 Å². The Balaban J connectivity index is 1.51. The van der Waals surface area contributed by atoms with Crippen molar-refractivity contribution in [1.29, 1.82) is 0 Å². The number of aromatic nitrogens is 4. The quantitative estimate of drug-likeness (QED) is 0.468. The molecule has 4 aromatic rings. The van der Waals surface area contributed by atoms with Crippen molar-refractivity contribution in [3.8, 4) is 11.3 Å². The number of likely N-dealkylation sites (tertiary alicyclic amines) is 1. The molecule has 34 heavy (non-hydrogen) atoms. The Bertz CT molecular complexity index is 1320. The van der Waals surface area contributed by atoms with E-state index in [2.05, 4.69) is 45.4 Å². The number of nitrogens with one attached hydrogen (secondary N) is 1. The van der Waals surface area contributed by atoms with Crippen molar-refractivity contribution in [1.82, 2.24) is 24.3 Å². The third-order valence-electron chi connectivity index (χ3n) is 6.35. The Labute approximate surface area is 198 Å². The molecular formula is C26H29N7O. The molecule has 0 spiro atoms. The van der Waals surface area contributed by atoms with E-state index in [1.54, 1.807) is 36.7 Å². The first-order valence-corrected chi connectivity index (χ1v) is 11.5. The lowest BCUT2D eigenvalue weighted by Gasteiger charge is -2.36. The number of carbonyl (C=O) groups excluding carboxylic acids is 1. The Morgan fingerprint density at radius 3 is 2.59 bits per heavy atom. The highest BCUT2D eigenvalue weighted by Crippen LogP contribution is 2.39. The van der Waals surface area contributed by atoms with Gasteiger partial charge in [-0.3, -0.25) is 14.1 Å². The van der Waals surface area contributed by atoms with Crippen LogP contribution in [0.1, 0.15) is 55.8 Å². The number of benzene rings is 1. The average Bonchev–Trinajstić information content (AvgIpc) is 3.45. The van der Waals surface area contributed by atoms with Crippen LogP contribution in [0.2, 0.25) is 0 Å². The topological polar surface area (TPSA) is 101 Å². The molecule has 0 saturated carbocycles. The lowest BCUT2D eigenvalue weighted by Crippen LogP contribution is -2.41. The number of pyridine rings is 1. The zero-order valence-corrected chi connectivity index (χ0v) is 19.7. The second-order valence-electron chi connectivity index (χ2n) is 9.62. The monoisotopic (exact) mass is 455 g/mol. The number of nitrogens with zero attached hydrogens (tertiary/aromatic N) is 5. The molecule has 3 aromatic heterocycles. The Kier molecular flexibility index (Phi) is 5.53. The van der Waals surface area contributed by atoms with Crippen molar-refractivity contribution in [3.63, 3.8) is 0 Å². The van der Waals surface area contributed by atoms with Crippen molar-refractivity contribution in [3.05, 3.63) is 72.4 Å². The van der Waals surface area contributed by atoms with Crippen LogP contribution in [-0.4, -0.2) is 42.2 Å². The predicted octanol–water partition coefficient (Wildman–Crippen LogP) is 4.56. The van der Waals surface area contributed by atoms with Crippen molar-refractivity contribution >= 4 is 23.1 Å². The van der Waals surface area contributed by atoms with Crippen LogP contribution < -0.4 is 11.1 Å². The van der Waals surface area contributed by atoms with Gasteiger partial charge in [-0.1, -0.05) is 18.2 Å². The molecule has 0 radical (unpaired) electrons. The van der Waals surface area contributed by atoms with Gasteiger partial charge in [0.15, 0.2) is 0 Å². The first kappa shape index (κ1) is 22.0. The van der Waals surface area contributed by atoms with Gasteiger partial charge in [-0.05, 0) is 64.4 Å². The molecule has 0 bridgehead atoms. The third kappa shape index (κ3) is 4.01. The molecule has 174 valence electrons. The first-order chi connectivity index (χ1) is 16.3. The van der Waals surface area contributed by atoms with Crippen molar-refractivity contribution in [2.75, 3.05) is 17.6 Å². The molecule has 1 unspecified atom stereocenters. The molecule has 8 heteroatoms. The number of anilines is 2. The highest BCUT2D eigenvalue weighted by atomic mass is 16.1. The van der Waals surface area contributed by atoms with Gasteiger partial charge in [0, 0.05) is 35.3 Å². The maximum absolute atomic E-state index is 12.6. The van der Waals surface area contributed by atoms with Crippen LogP contribution >= 0.6 is 0 Å². The summed E-state index contributed by atoms with van der Waals surface area (Å²) >= 11 is 0. The molecule has 5 rings (SSSR count). The van der Waals surface area contributed by atoms with Gasteiger partial charge in [-0.2, -0.15) is 0 Å². The fraction of sp³-hybridized carbons (Fsp3) is 0.308. The Morgan fingerprint density at radius 1 is 1.09 bits per heavy atom. The van der Waals surface area contributed by atoms with Gasteiger partial charge in [0.2, 0.25) is 0 Å². The number of hydrogen-bond acceptors (Lipinski definition) is 6. The van der Waals surface area contributed by atoms with E-state index in [1.165, 1.54) is 0 Å². The molecule has 1 fully saturated rings. The largest absolute Gasteiger partial charge is 0.382 e. The molecule has 1 aliphatic heterocycles. The number of nitrogen functional groups attached to an aromatic ring is 1. The standard InChI is InChI=1S/C26H29N7O/c1-26(2,3)33-15-6-7-19(33)24-31-21(22-23(27)29-14-16-32(22)24)17-9-11-18(12-10-17)25(34)30-20-8-4-5-13-28-20/h4-5,8-14,16,19H,6-7,15H2,1-3H3,(H2,27,29)(H,28,30,34). The van der Waals surface area contributed by atoms with Crippen molar-refractivity contribution in [2.24, 2.45) is 0 Å². The maximum atomic E-state index is 12.6. The SMILES string of the molecule is CC(C)(C)N1CCCC1c1nc(-c2ccc(C(=O)Nc3ccccn3)cc2)c2c(N)nccn12. The third-order valence-corrected chi connectivity index (χ3v) is 6.35. The van der Waals surface area contributed by atoms with Crippen LogP contribution in [0.4, 0.5) is 11.6 Å². The van der Waals surface area contributed by atoms with E-state index in [-0.39, 0.29) is 17.5 Å². The average molecular weight is 456 g/mol. The van der Waals surface area contributed by atoms with Gasteiger partial charge >= 0.3 is 0 Å². The summed E-state index contributed by atoms with van der Waals surface area (Å²) in [5.41, 5.74) is 9.37. The number of amides is 1. The highest BCUT2D eigenvalue weighted by Gasteiger charge is 2.37. The summed E-state index contributed by atoms with van der Waals surface area (Å²) in [5, 5.41) is 2.81. The van der Waals surface area contributed by atoms with Crippen molar-refractivity contribution in [2.45, 2.75) is 45.2 Å². The Morgan fingerprint density at radius 2 is 1.88 bits per heavy atom. The summed E-state index contributed by atoms with van der Waals surface area (Å²) in [6, 6.07) is 13.0. The van der Waals surface area contributed by atoms with Gasteiger partial charge in [0.25, 0.3) is 5.91 Å². The van der Waals surface area contributed by atoms with Crippen LogP contribution in [-0.2, 0) is 0 Å². The molecule has 4 heterocycles. The van der Waals surface area contributed by atoms with Crippen LogP contribution in [0, 0.1) is 0 Å². The summed E-state index contributed by atoms with van der Waals surface area (Å²) in [6.07, 6.45) is 7.48. The predicted molar refractivity (Wildman–Crippen MR) is 133 cm³/mol. The summed E-state index contributed by atoms with van der Waals surface area (Å²) in [7, 11) is 0. The van der Waals surface area contributed by atoms with E-state index >= 15 is 0 Å². The summed E-state index contributed by atoms with van der Waals surface area (Å²) in [6.45, 7) is 7.77. The number of hydrogen-bond donors (Lipinski definition) is 2. The first-order valence-electron chi connectivity index (χ1n) is 11.5. The lowest BCUT2D eigenvalue weighted by atomic mass is 10.0. The number of nitrogens with two attached hydrogens (primary N) is 1. The minimum Gasteiger partial charge on any atom is -0.382 e. The highest BCUT2D eigenvalue weighted by molar-refractivity contribution is 6.04. The minimum atomic E-state index is -0.214. The second kappa shape index (κ2) is 8.53. The zero-order valence-electron chi connectivity index (χ0n) is 19.7. The summed E-state index contributed by atoms with van der Waals surface area (Å²) in [5.74, 6) is 1.71. The fourth-order valence-electron chi connectivity index (χ4n) is 4.77. The molecule has 1 aromatic carbocycles. The molecular weight excluding hydrogens is 426 g/mol. The van der Waals surface area contributed by atoms with E-state index in [0.717, 1.165) is 42.0 Å². The maximum Gasteiger partial charge on any atom is 0.256 e. The lowest BCUT2D eigenvalue weighted by molar-refractivity contribution is 0.102. The van der Waals surface area contributed by atoms with Gasteiger partial charge in [0.1, 0.15) is 28.7 Å². The normalized spacial score (nSPS) is 16.7. The summed E-state index contributed by atoms with van der Waals surface area (Å²) in [4.78, 5) is 28.7. The van der Waals surface area contributed by atoms with Crippen LogP contribution in [0.15, 0.2) is 61.1 Å². The van der Waals surface area contributed by atoms with Crippen LogP contribution in [0.25, 0.3) is 16.8 Å². The minimum absolute atomic E-state index is 0.0361. The molecule has 1 atom stereocenters. The zero-order chi connectivity index (χ0) is 23.9. The molecule has 8 nitrogen and oxygen atoms in total. The van der Waals surface area contributed by atoms with E-state index in [4.69, 9.17) is 10.7 Å². The number of rotatable bonds is 4. The smallest absolute Gasteiger partial charge is 0.256 e. The second-order valence-corrected chi connectivity index (χ2v) is 9.62. The van der Waals surface area contributed by atoms with Gasteiger partial charge < -0.3 is 11.1 Å². The molecule has 1 aliphatic rings. The van der Waals surface area contributed by atoms with Crippen LogP contribution in [0.3, 0.4) is 0 Å². The van der Waals surface area contributed by atoms with Crippen molar-refractivity contribution < 1.29 is 4.79 Å². The number of fused-ring (bicyclic) bond motifs is 1. The number of imidazole rings is 1.